The van der Waals surface area contributed by atoms with Gasteiger partial charge < -0.3 is 4.74 Å². The molecule has 0 saturated carbocycles. The molecule has 2 atom stereocenters. The second-order valence-corrected chi connectivity index (χ2v) is 4.40. The SMILES string of the molecule is FC(F)(F)c1ccc2c(c1)CCC[C@@H]1O[C@@H]21. The summed E-state index contributed by atoms with van der Waals surface area (Å²) in [6.45, 7) is 0. The van der Waals surface area contributed by atoms with Crippen LogP contribution in [0.3, 0.4) is 0 Å². The minimum absolute atomic E-state index is 0.0554. The molecule has 1 aliphatic carbocycles. The van der Waals surface area contributed by atoms with E-state index in [4.69, 9.17) is 4.74 Å². The van der Waals surface area contributed by atoms with Crippen LogP contribution in [0.1, 0.15) is 35.6 Å². The van der Waals surface area contributed by atoms with E-state index in [1.54, 1.807) is 6.07 Å². The van der Waals surface area contributed by atoms with Gasteiger partial charge >= 0.3 is 6.18 Å². The number of hydrogen-bond acceptors (Lipinski definition) is 1. The number of halogens is 3. The second kappa shape index (κ2) is 3.23. The first-order valence-corrected chi connectivity index (χ1v) is 5.41. The van der Waals surface area contributed by atoms with Crippen LogP contribution in [0.5, 0.6) is 0 Å². The Balaban J connectivity index is 2.01. The molecular weight excluding hydrogens is 217 g/mol. The van der Waals surface area contributed by atoms with Gasteiger partial charge in [-0.15, -0.1) is 0 Å². The average Bonchev–Trinajstić information content (AvgIpc) is 2.94. The highest BCUT2D eigenvalue weighted by atomic mass is 19.4. The first-order valence-electron chi connectivity index (χ1n) is 5.41. The number of ether oxygens (including phenoxy) is 1. The van der Waals surface area contributed by atoms with Crippen molar-refractivity contribution in [3.8, 4) is 0 Å². The fraction of sp³-hybridized carbons (Fsp3) is 0.500. The van der Waals surface area contributed by atoms with Gasteiger partial charge in [0, 0.05) is 0 Å². The lowest BCUT2D eigenvalue weighted by molar-refractivity contribution is -0.137. The first kappa shape index (κ1) is 10.1. The summed E-state index contributed by atoms with van der Waals surface area (Å²) < 4.78 is 43.0. The number of alkyl halides is 3. The van der Waals surface area contributed by atoms with Crippen molar-refractivity contribution >= 4 is 0 Å². The summed E-state index contributed by atoms with van der Waals surface area (Å²) in [5.74, 6) is 0. The zero-order valence-corrected chi connectivity index (χ0v) is 8.55. The molecule has 0 aromatic heterocycles. The molecule has 1 heterocycles. The predicted octanol–water partition coefficient (Wildman–Crippen LogP) is 3.48. The molecule has 0 unspecified atom stereocenters. The molecule has 86 valence electrons. The molecule has 1 fully saturated rings. The van der Waals surface area contributed by atoms with Crippen LogP contribution in [0.2, 0.25) is 0 Å². The van der Waals surface area contributed by atoms with Crippen LogP contribution >= 0.6 is 0 Å². The topological polar surface area (TPSA) is 12.5 Å². The van der Waals surface area contributed by atoms with Gasteiger partial charge in [0.25, 0.3) is 0 Å². The molecule has 1 aromatic rings. The van der Waals surface area contributed by atoms with Crippen LogP contribution in [0.15, 0.2) is 18.2 Å². The van der Waals surface area contributed by atoms with Gasteiger partial charge in [-0.1, -0.05) is 6.07 Å². The number of aryl methyl sites for hydroxylation is 1. The van der Waals surface area contributed by atoms with Crippen LogP contribution in [-0.2, 0) is 17.3 Å². The molecule has 0 amide bonds. The van der Waals surface area contributed by atoms with Gasteiger partial charge in [-0.3, -0.25) is 0 Å². The van der Waals surface area contributed by atoms with E-state index in [1.165, 1.54) is 6.07 Å². The van der Waals surface area contributed by atoms with Crippen molar-refractivity contribution in [2.75, 3.05) is 0 Å². The summed E-state index contributed by atoms with van der Waals surface area (Å²) in [6, 6.07) is 4.01. The van der Waals surface area contributed by atoms with E-state index >= 15 is 0 Å². The Labute approximate surface area is 91.2 Å². The predicted molar refractivity (Wildman–Crippen MR) is 52.0 cm³/mol. The zero-order chi connectivity index (χ0) is 11.3. The van der Waals surface area contributed by atoms with Crippen LogP contribution in [-0.4, -0.2) is 6.10 Å². The Morgan fingerprint density at radius 1 is 1.25 bits per heavy atom. The van der Waals surface area contributed by atoms with E-state index in [0.29, 0.717) is 0 Å². The van der Waals surface area contributed by atoms with E-state index in [9.17, 15) is 13.2 Å². The summed E-state index contributed by atoms with van der Waals surface area (Å²) >= 11 is 0. The standard InChI is InChI=1S/C12H11F3O/c13-12(14,15)8-4-5-9-7(6-8)2-1-3-10-11(9)16-10/h4-6,10-11H,1-3H2/t10-,11-/m0/s1. The third kappa shape index (κ3) is 1.61. The van der Waals surface area contributed by atoms with E-state index in [-0.39, 0.29) is 12.2 Å². The highest BCUT2D eigenvalue weighted by molar-refractivity contribution is 5.38. The van der Waals surface area contributed by atoms with E-state index in [1.807, 2.05) is 0 Å². The number of epoxide rings is 1. The highest BCUT2D eigenvalue weighted by Crippen LogP contribution is 2.46. The first-order chi connectivity index (χ1) is 7.55. The number of benzene rings is 1. The number of fused-ring (bicyclic) bond motifs is 3. The van der Waals surface area contributed by atoms with Crippen molar-refractivity contribution in [3.63, 3.8) is 0 Å². The van der Waals surface area contributed by atoms with Gasteiger partial charge in [0.1, 0.15) is 6.10 Å². The fourth-order valence-corrected chi connectivity index (χ4v) is 2.41. The maximum atomic E-state index is 12.5. The van der Waals surface area contributed by atoms with Crippen LogP contribution in [0, 0.1) is 0 Å². The molecule has 16 heavy (non-hydrogen) atoms. The Kier molecular flexibility index (Phi) is 2.05. The molecule has 1 aliphatic heterocycles. The molecule has 0 bridgehead atoms. The number of hydrogen-bond donors (Lipinski definition) is 0. The van der Waals surface area contributed by atoms with Gasteiger partial charge in [-0.05, 0) is 42.5 Å². The van der Waals surface area contributed by atoms with Gasteiger partial charge in [-0.25, -0.2) is 0 Å². The van der Waals surface area contributed by atoms with Gasteiger partial charge in [0.05, 0.1) is 11.7 Å². The Bertz CT molecular complexity index is 425. The maximum absolute atomic E-state index is 12.5. The van der Waals surface area contributed by atoms with Crippen molar-refractivity contribution in [2.24, 2.45) is 0 Å². The molecule has 0 radical (unpaired) electrons. The lowest BCUT2D eigenvalue weighted by Gasteiger charge is -2.11. The summed E-state index contributed by atoms with van der Waals surface area (Å²) in [7, 11) is 0. The number of rotatable bonds is 0. The third-order valence-electron chi connectivity index (χ3n) is 3.29. The zero-order valence-electron chi connectivity index (χ0n) is 8.55. The van der Waals surface area contributed by atoms with E-state index in [0.717, 1.165) is 36.5 Å². The quantitative estimate of drug-likeness (QED) is 0.619. The van der Waals surface area contributed by atoms with Gasteiger partial charge in [0.2, 0.25) is 0 Å². The minimum Gasteiger partial charge on any atom is -0.364 e. The summed E-state index contributed by atoms with van der Waals surface area (Å²) in [4.78, 5) is 0. The van der Waals surface area contributed by atoms with Gasteiger partial charge in [0.15, 0.2) is 0 Å². The normalized spacial score (nSPS) is 27.9. The maximum Gasteiger partial charge on any atom is 0.416 e. The Hall–Kier alpha value is -1.03. The second-order valence-electron chi connectivity index (χ2n) is 4.40. The Morgan fingerprint density at radius 3 is 2.81 bits per heavy atom. The smallest absolute Gasteiger partial charge is 0.364 e. The Morgan fingerprint density at radius 2 is 2.06 bits per heavy atom. The largest absolute Gasteiger partial charge is 0.416 e. The molecule has 1 aromatic carbocycles. The molecule has 0 spiro atoms. The molecule has 4 heteroatoms. The molecule has 0 N–H and O–H groups in total. The minimum atomic E-state index is -4.24. The third-order valence-corrected chi connectivity index (χ3v) is 3.29. The van der Waals surface area contributed by atoms with E-state index in [2.05, 4.69) is 0 Å². The molecule has 1 nitrogen and oxygen atoms in total. The monoisotopic (exact) mass is 228 g/mol. The highest BCUT2D eigenvalue weighted by Gasteiger charge is 2.43. The fourth-order valence-electron chi connectivity index (χ4n) is 2.41. The van der Waals surface area contributed by atoms with Crippen molar-refractivity contribution < 1.29 is 17.9 Å². The summed E-state index contributed by atoms with van der Waals surface area (Å²) in [6.07, 6.45) is -1.34. The lowest BCUT2D eigenvalue weighted by Crippen LogP contribution is -2.06. The molecular formula is C12H11F3O. The summed E-state index contributed by atoms with van der Waals surface area (Å²) in [5.41, 5.74) is 1.21. The van der Waals surface area contributed by atoms with Crippen molar-refractivity contribution in [1.82, 2.24) is 0 Å². The van der Waals surface area contributed by atoms with Crippen LogP contribution < -0.4 is 0 Å². The van der Waals surface area contributed by atoms with Crippen LogP contribution in [0.4, 0.5) is 13.2 Å². The molecule has 2 aliphatic rings. The average molecular weight is 228 g/mol. The molecule has 3 rings (SSSR count). The van der Waals surface area contributed by atoms with Crippen molar-refractivity contribution in [1.29, 1.82) is 0 Å². The van der Waals surface area contributed by atoms with Crippen molar-refractivity contribution in [2.45, 2.75) is 37.6 Å². The molecule has 1 saturated heterocycles. The van der Waals surface area contributed by atoms with Crippen molar-refractivity contribution in [3.05, 3.63) is 34.9 Å². The van der Waals surface area contributed by atoms with Crippen LogP contribution in [0.25, 0.3) is 0 Å². The lowest BCUT2D eigenvalue weighted by atomic mass is 9.99. The summed E-state index contributed by atoms with van der Waals surface area (Å²) in [5, 5.41) is 0. The van der Waals surface area contributed by atoms with E-state index < -0.39 is 11.7 Å². The van der Waals surface area contributed by atoms with Gasteiger partial charge in [-0.2, -0.15) is 13.2 Å².